The maximum Gasteiger partial charge on any atom is 0.283 e. The van der Waals surface area contributed by atoms with Crippen LogP contribution in [0.1, 0.15) is 32.6 Å². The maximum atomic E-state index is 13.4. The quantitative estimate of drug-likeness (QED) is 0.836. The molecular weight excluding hydrogens is 283 g/mol. The molecule has 0 saturated heterocycles. The molecule has 0 radical (unpaired) electrons. The Morgan fingerprint density at radius 2 is 1.95 bits per heavy atom. The molecule has 2 aromatic rings. The van der Waals surface area contributed by atoms with Gasteiger partial charge in [-0.2, -0.15) is 0 Å². The van der Waals surface area contributed by atoms with Gasteiger partial charge in [-0.1, -0.05) is 23.5 Å². The van der Waals surface area contributed by atoms with Crippen molar-refractivity contribution in [2.45, 2.75) is 13.3 Å². The summed E-state index contributed by atoms with van der Waals surface area (Å²) < 4.78 is 17.0. The predicted molar refractivity (Wildman–Crippen MR) is 70.6 cm³/mol. The van der Waals surface area contributed by atoms with Gasteiger partial charge in [0.2, 0.25) is 0 Å². The Morgan fingerprint density at radius 1 is 1.25 bits per heavy atom. The van der Waals surface area contributed by atoms with E-state index >= 15 is 0 Å². The minimum absolute atomic E-state index is 0.147. The van der Waals surface area contributed by atoms with Crippen molar-refractivity contribution in [3.63, 3.8) is 0 Å². The minimum atomic E-state index is -0.730. The number of hydrogen-bond donors (Lipinski definition) is 2. The molecule has 2 rings (SSSR count). The Morgan fingerprint density at radius 3 is 2.65 bits per heavy atom. The van der Waals surface area contributed by atoms with Gasteiger partial charge in [-0.3, -0.25) is 20.4 Å². The lowest BCUT2D eigenvalue weighted by Crippen LogP contribution is -2.41. The number of carbonyl (C=O) groups is 2. The molecule has 20 heavy (non-hydrogen) atoms. The summed E-state index contributed by atoms with van der Waals surface area (Å²) >= 11 is 0.934. The topological polar surface area (TPSA) is 84.0 Å². The Balaban J connectivity index is 2.01. The van der Waals surface area contributed by atoms with Crippen LogP contribution in [0.5, 0.6) is 0 Å². The summed E-state index contributed by atoms with van der Waals surface area (Å²) in [5, 5.41) is 3.79. The molecule has 2 N–H and O–H groups in total. The van der Waals surface area contributed by atoms with Crippen molar-refractivity contribution < 1.29 is 14.0 Å². The van der Waals surface area contributed by atoms with Crippen LogP contribution in [0, 0.1) is 5.82 Å². The second-order valence-electron chi connectivity index (χ2n) is 3.79. The van der Waals surface area contributed by atoms with Crippen LogP contribution in [0.4, 0.5) is 4.39 Å². The lowest BCUT2D eigenvalue weighted by molar-refractivity contribution is 0.0846. The zero-order valence-corrected chi connectivity index (χ0v) is 11.3. The highest BCUT2D eigenvalue weighted by Crippen LogP contribution is 2.10. The number of rotatable bonds is 3. The van der Waals surface area contributed by atoms with Crippen molar-refractivity contribution in [1.82, 2.24) is 20.4 Å². The molecule has 0 spiro atoms. The van der Waals surface area contributed by atoms with Crippen LogP contribution in [0.25, 0.3) is 0 Å². The Hall–Kier alpha value is -2.35. The van der Waals surface area contributed by atoms with Crippen LogP contribution in [0.2, 0.25) is 0 Å². The fraction of sp³-hybridized carbons (Fsp3) is 0.167. The zero-order chi connectivity index (χ0) is 14.5. The van der Waals surface area contributed by atoms with Crippen LogP contribution >= 0.6 is 11.5 Å². The average Bonchev–Trinajstić information content (AvgIpc) is 2.93. The number of aryl methyl sites for hydroxylation is 1. The van der Waals surface area contributed by atoms with Gasteiger partial charge in [0.25, 0.3) is 11.8 Å². The van der Waals surface area contributed by atoms with E-state index in [9.17, 15) is 14.0 Å². The Labute approximate surface area is 118 Å². The number of halogens is 1. The number of benzene rings is 1. The molecule has 0 aliphatic rings. The van der Waals surface area contributed by atoms with E-state index in [-0.39, 0.29) is 5.56 Å². The third kappa shape index (κ3) is 2.97. The molecule has 6 nitrogen and oxygen atoms in total. The molecule has 104 valence electrons. The normalized spacial score (nSPS) is 10.1. The third-order valence-corrected chi connectivity index (χ3v) is 3.27. The molecule has 0 bridgehead atoms. The summed E-state index contributed by atoms with van der Waals surface area (Å²) in [5.74, 6) is -1.92. The van der Waals surface area contributed by atoms with Crippen LogP contribution in [-0.2, 0) is 6.42 Å². The van der Waals surface area contributed by atoms with E-state index in [0.29, 0.717) is 17.0 Å². The highest BCUT2D eigenvalue weighted by atomic mass is 32.1. The molecule has 0 fully saturated rings. The van der Waals surface area contributed by atoms with Crippen LogP contribution in [0.3, 0.4) is 0 Å². The molecule has 8 heteroatoms. The first-order chi connectivity index (χ1) is 9.63. The van der Waals surface area contributed by atoms with Crippen molar-refractivity contribution in [2.24, 2.45) is 0 Å². The first-order valence-electron chi connectivity index (χ1n) is 5.80. The number of nitrogens with zero attached hydrogens (tertiary/aromatic N) is 2. The summed E-state index contributed by atoms with van der Waals surface area (Å²) in [6.45, 7) is 1.84. The second-order valence-corrected chi connectivity index (χ2v) is 4.54. The van der Waals surface area contributed by atoms with Gasteiger partial charge in [-0.05, 0) is 30.1 Å². The van der Waals surface area contributed by atoms with Gasteiger partial charge >= 0.3 is 0 Å². The van der Waals surface area contributed by atoms with Crippen LogP contribution < -0.4 is 10.9 Å². The van der Waals surface area contributed by atoms with Gasteiger partial charge in [0.05, 0.1) is 11.3 Å². The van der Waals surface area contributed by atoms with Gasteiger partial charge in [-0.15, -0.1) is 5.10 Å². The number of carbonyl (C=O) groups excluding carboxylic acids is 2. The van der Waals surface area contributed by atoms with Gasteiger partial charge < -0.3 is 0 Å². The Bertz CT molecular complexity index is 644. The van der Waals surface area contributed by atoms with Gasteiger partial charge in [-0.25, -0.2) is 4.39 Å². The molecule has 0 saturated carbocycles. The van der Waals surface area contributed by atoms with E-state index in [1.54, 1.807) is 0 Å². The standard InChI is InChI=1S/C12H11FN4O2S/c1-2-9-10(20-17-14-9)12(19)16-15-11(18)7-5-3-4-6-8(7)13/h3-6H,2H2,1H3,(H,15,18)(H,16,19). The predicted octanol–water partition coefficient (Wildman–Crippen LogP) is 1.31. The number of hydrogen-bond acceptors (Lipinski definition) is 5. The molecule has 1 heterocycles. The summed E-state index contributed by atoms with van der Waals surface area (Å²) in [5.41, 5.74) is 4.76. The number of hydrazine groups is 1. The van der Waals surface area contributed by atoms with E-state index < -0.39 is 17.6 Å². The third-order valence-electron chi connectivity index (χ3n) is 2.50. The van der Waals surface area contributed by atoms with E-state index in [4.69, 9.17) is 0 Å². The van der Waals surface area contributed by atoms with Crippen molar-refractivity contribution in [3.8, 4) is 0 Å². The molecule has 2 amide bonds. The van der Waals surface area contributed by atoms with E-state index in [1.807, 2.05) is 6.92 Å². The minimum Gasteiger partial charge on any atom is -0.267 e. The number of amides is 2. The molecule has 0 aliphatic carbocycles. The largest absolute Gasteiger partial charge is 0.283 e. The average molecular weight is 294 g/mol. The van der Waals surface area contributed by atoms with Crippen molar-refractivity contribution in [3.05, 3.63) is 46.2 Å². The summed E-state index contributed by atoms with van der Waals surface area (Å²) in [4.78, 5) is 23.8. The molecule has 1 aromatic carbocycles. The summed E-state index contributed by atoms with van der Waals surface area (Å²) in [7, 11) is 0. The lowest BCUT2D eigenvalue weighted by Gasteiger charge is -2.07. The summed E-state index contributed by atoms with van der Waals surface area (Å²) in [6, 6.07) is 5.49. The molecule has 0 atom stereocenters. The fourth-order valence-electron chi connectivity index (χ4n) is 1.50. The SMILES string of the molecule is CCc1nnsc1C(=O)NNC(=O)c1ccccc1F. The van der Waals surface area contributed by atoms with E-state index in [2.05, 4.69) is 20.4 Å². The van der Waals surface area contributed by atoms with Gasteiger partial charge in [0.1, 0.15) is 10.7 Å². The lowest BCUT2D eigenvalue weighted by atomic mass is 10.2. The van der Waals surface area contributed by atoms with Gasteiger partial charge in [0.15, 0.2) is 0 Å². The van der Waals surface area contributed by atoms with E-state index in [0.717, 1.165) is 11.5 Å². The molecular formula is C12H11FN4O2S. The van der Waals surface area contributed by atoms with E-state index in [1.165, 1.54) is 24.3 Å². The highest BCUT2D eigenvalue weighted by molar-refractivity contribution is 7.08. The van der Waals surface area contributed by atoms with Crippen molar-refractivity contribution >= 4 is 23.3 Å². The van der Waals surface area contributed by atoms with Crippen LogP contribution in [0.15, 0.2) is 24.3 Å². The zero-order valence-electron chi connectivity index (χ0n) is 10.5. The van der Waals surface area contributed by atoms with Crippen molar-refractivity contribution in [1.29, 1.82) is 0 Å². The summed E-state index contributed by atoms with van der Waals surface area (Å²) in [6.07, 6.45) is 0.556. The first-order valence-corrected chi connectivity index (χ1v) is 6.57. The fourth-order valence-corrected chi connectivity index (χ4v) is 2.14. The number of nitrogens with one attached hydrogen (secondary N) is 2. The second kappa shape index (κ2) is 6.20. The smallest absolute Gasteiger partial charge is 0.267 e. The molecule has 1 aromatic heterocycles. The molecule has 0 unspecified atom stereocenters. The maximum absolute atomic E-state index is 13.4. The van der Waals surface area contributed by atoms with Crippen molar-refractivity contribution in [2.75, 3.05) is 0 Å². The first kappa shape index (κ1) is 14.1. The molecule has 0 aliphatic heterocycles. The van der Waals surface area contributed by atoms with Crippen LogP contribution in [-0.4, -0.2) is 21.4 Å². The Kier molecular flexibility index (Phi) is 4.36. The highest BCUT2D eigenvalue weighted by Gasteiger charge is 2.16. The van der Waals surface area contributed by atoms with Gasteiger partial charge in [0, 0.05) is 0 Å². The monoisotopic (exact) mass is 294 g/mol. The number of aromatic nitrogens is 2.